The van der Waals surface area contributed by atoms with Crippen LogP contribution in [0.25, 0.3) is 0 Å². The summed E-state index contributed by atoms with van der Waals surface area (Å²) < 4.78 is 15.3. The molecule has 0 aliphatic rings. The van der Waals surface area contributed by atoms with Crippen molar-refractivity contribution in [3.8, 4) is 0 Å². The summed E-state index contributed by atoms with van der Waals surface area (Å²) in [4.78, 5) is 10.6. The maximum Gasteiger partial charge on any atom is 0.330 e. The molecule has 0 aromatic carbocycles. The van der Waals surface area contributed by atoms with Crippen LogP contribution in [0.3, 0.4) is 0 Å². The molecule has 0 aromatic heterocycles. The highest BCUT2D eigenvalue weighted by molar-refractivity contribution is 5.81. The molecular formula is C11H20O4. The van der Waals surface area contributed by atoms with Crippen LogP contribution in [0.4, 0.5) is 0 Å². The third kappa shape index (κ3) is 9.43. The lowest BCUT2D eigenvalue weighted by atomic mass is 10.4. The van der Waals surface area contributed by atoms with Crippen molar-refractivity contribution in [3.05, 3.63) is 12.7 Å². The van der Waals surface area contributed by atoms with Crippen LogP contribution in [0, 0.1) is 0 Å². The SMILES string of the molecule is C=CC(=O)OCCOC(C)OCCCC. The van der Waals surface area contributed by atoms with E-state index in [1.54, 1.807) is 0 Å². The molecule has 4 heteroatoms. The number of hydrogen-bond acceptors (Lipinski definition) is 4. The molecule has 0 rings (SSSR count). The van der Waals surface area contributed by atoms with E-state index in [1.165, 1.54) is 0 Å². The summed E-state index contributed by atoms with van der Waals surface area (Å²) in [5, 5.41) is 0. The van der Waals surface area contributed by atoms with Crippen molar-refractivity contribution in [3.63, 3.8) is 0 Å². The van der Waals surface area contributed by atoms with Crippen LogP contribution in [0.2, 0.25) is 0 Å². The number of carbonyl (C=O) groups is 1. The molecule has 0 aromatic rings. The van der Waals surface area contributed by atoms with Gasteiger partial charge in [0.05, 0.1) is 6.61 Å². The Morgan fingerprint density at radius 1 is 1.33 bits per heavy atom. The summed E-state index contributed by atoms with van der Waals surface area (Å²) in [5.74, 6) is -0.432. The van der Waals surface area contributed by atoms with Crippen LogP contribution >= 0.6 is 0 Å². The summed E-state index contributed by atoms with van der Waals surface area (Å²) in [6.07, 6.45) is 3.00. The Morgan fingerprint density at radius 3 is 2.60 bits per heavy atom. The number of ether oxygens (including phenoxy) is 3. The van der Waals surface area contributed by atoms with E-state index >= 15 is 0 Å². The van der Waals surface area contributed by atoms with Gasteiger partial charge in [-0.3, -0.25) is 0 Å². The Labute approximate surface area is 91.2 Å². The third-order valence-corrected chi connectivity index (χ3v) is 1.70. The van der Waals surface area contributed by atoms with Crippen LogP contribution in [-0.4, -0.2) is 32.1 Å². The van der Waals surface area contributed by atoms with Gasteiger partial charge in [0.25, 0.3) is 0 Å². The molecule has 1 unspecified atom stereocenters. The van der Waals surface area contributed by atoms with E-state index in [9.17, 15) is 4.79 Å². The van der Waals surface area contributed by atoms with Crippen LogP contribution in [0.15, 0.2) is 12.7 Å². The van der Waals surface area contributed by atoms with Gasteiger partial charge in [0.15, 0.2) is 6.29 Å². The molecule has 0 aliphatic heterocycles. The van der Waals surface area contributed by atoms with Crippen LogP contribution in [-0.2, 0) is 19.0 Å². The molecule has 15 heavy (non-hydrogen) atoms. The summed E-state index contributed by atoms with van der Waals surface area (Å²) in [5.41, 5.74) is 0. The van der Waals surface area contributed by atoms with Gasteiger partial charge in [-0.15, -0.1) is 0 Å². The Bertz CT molecular complexity index is 179. The van der Waals surface area contributed by atoms with Gasteiger partial charge in [-0.1, -0.05) is 19.9 Å². The standard InChI is InChI=1S/C11H20O4/c1-4-6-7-13-10(3)14-8-9-15-11(12)5-2/h5,10H,2,4,6-9H2,1,3H3. The van der Waals surface area contributed by atoms with Gasteiger partial charge in [-0.25, -0.2) is 4.79 Å². The van der Waals surface area contributed by atoms with Gasteiger partial charge in [-0.2, -0.15) is 0 Å². The lowest BCUT2D eigenvalue weighted by Crippen LogP contribution is -2.17. The minimum atomic E-state index is -0.432. The Hall–Kier alpha value is -0.870. The number of carbonyl (C=O) groups excluding carboxylic acids is 1. The monoisotopic (exact) mass is 216 g/mol. The lowest BCUT2D eigenvalue weighted by Gasteiger charge is -2.13. The first-order valence-electron chi connectivity index (χ1n) is 5.23. The highest BCUT2D eigenvalue weighted by Crippen LogP contribution is 1.96. The van der Waals surface area contributed by atoms with E-state index in [2.05, 4.69) is 13.5 Å². The fourth-order valence-corrected chi connectivity index (χ4v) is 0.857. The number of hydrogen-bond donors (Lipinski definition) is 0. The van der Waals surface area contributed by atoms with Crippen molar-refractivity contribution in [2.24, 2.45) is 0 Å². The summed E-state index contributed by atoms with van der Waals surface area (Å²) >= 11 is 0. The minimum absolute atomic E-state index is 0.229. The summed E-state index contributed by atoms with van der Waals surface area (Å²) in [7, 11) is 0. The molecule has 0 spiro atoms. The second kappa shape index (κ2) is 9.68. The molecule has 0 fully saturated rings. The summed E-state index contributed by atoms with van der Waals surface area (Å²) in [6.45, 7) is 8.48. The quantitative estimate of drug-likeness (QED) is 0.255. The molecule has 0 saturated heterocycles. The molecule has 4 nitrogen and oxygen atoms in total. The average Bonchev–Trinajstić information content (AvgIpc) is 2.24. The van der Waals surface area contributed by atoms with Crippen LogP contribution in [0.5, 0.6) is 0 Å². The summed E-state index contributed by atoms with van der Waals surface area (Å²) in [6, 6.07) is 0. The maximum absolute atomic E-state index is 10.6. The fraction of sp³-hybridized carbons (Fsp3) is 0.727. The van der Waals surface area contributed by atoms with E-state index in [0.717, 1.165) is 18.9 Å². The highest BCUT2D eigenvalue weighted by atomic mass is 16.7. The lowest BCUT2D eigenvalue weighted by molar-refractivity contribution is -0.153. The van der Waals surface area contributed by atoms with Crippen molar-refractivity contribution in [1.82, 2.24) is 0 Å². The fourth-order valence-electron chi connectivity index (χ4n) is 0.857. The topological polar surface area (TPSA) is 44.8 Å². The van der Waals surface area contributed by atoms with Crippen molar-refractivity contribution in [1.29, 1.82) is 0 Å². The van der Waals surface area contributed by atoms with Crippen molar-refractivity contribution in [2.45, 2.75) is 33.0 Å². The van der Waals surface area contributed by atoms with Crippen molar-refractivity contribution in [2.75, 3.05) is 19.8 Å². The van der Waals surface area contributed by atoms with E-state index in [0.29, 0.717) is 13.2 Å². The zero-order valence-corrected chi connectivity index (χ0v) is 9.53. The number of unbranched alkanes of at least 4 members (excludes halogenated alkanes) is 1. The first kappa shape index (κ1) is 14.1. The van der Waals surface area contributed by atoms with E-state index in [-0.39, 0.29) is 12.9 Å². The first-order valence-corrected chi connectivity index (χ1v) is 5.23. The van der Waals surface area contributed by atoms with Crippen molar-refractivity contribution >= 4 is 5.97 Å². The Morgan fingerprint density at radius 2 is 2.00 bits per heavy atom. The zero-order chi connectivity index (χ0) is 11.5. The molecule has 88 valence electrons. The van der Waals surface area contributed by atoms with Gasteiger partial charge in [0, 0.05) is 12.7 Å². The molecule has 0 N–H and O–H groups in total. The van der Waals surface area contributed by atoms with Gasteiger partial charge in [0.1, 0.15) is 6.61 Å². The van der Waals surface area contributed by atoms with Crippen LogP contribution < -0.4 is 0 Å². The smallest absolute Gasteiger partial charge is 0.330 e. The highest BCUT2D eigenvalue weighted by Gasteiger charge is 2.02. The maximum atomic E-state index is 10.6. The predicted molar refractivity (Wildman–Crippen MR) is 57.4 cm³/mol. The van der Waals surface area contributed by atoms with Gasteiger partial charge >= 0.3 is 5.97 Å². The molecule has 0 heterocycles. The van der Waals surface area contributed by atoms with E-state index in [1.807, 2.05) is 6.92 Å². The predicted octanol–water partition coefficient (Wildman–Crippen LogP) is 1.89. The molecule has 1 atom stereocenters. The Balaban J connectivity index is 3.26. The van der Waals surface area contributed by atoms with Crippen molar-refractivity contribution < 1.29 is 19.0 Å². The normalized spacial score (nSPS) is 12.1. The molecule has 0 saturated carbocycles. The van der Waals surface area contributed by atoms with Crippen LogP contribution in [0.1, 0.15) is 26.7 Å². The van der Waals surface area contributed by atoms with Gasteiger partial charge < -0.3 is 14.2 Å². The molecule has 0 bridgehead atoms. The molecule has 0 amide bonds. The first-order chi connectivity index (χ1) is 7.20. The molecule has 0 radical (unpaired) electrons. The minimum Gasteiger partial charge on any atom is -0.460 e. The Kier molecular flexibility index (Phi) is 9.11. The largest absolute Gasteiger partial charge is 0.460 e. The van der Waals surface area contributed by atoms with Gasteiger partial charge in [-0.05, 0) is 13.3 Å². The average molecular weight is 216 g/mol. The second-order valence-electron chi connectivity index (χ2n) is 3.03. The molecule has 0 aliphatic carbocycles. The van der Waals surface area contributed by atoms with Gasteiger partial charge in [0.2, 0.25) is 0 Å². The number of rotatable bonds is 9. The van der Waals surface area contributed by atoms with E-state index < -0.39 is 5.97 Å². The molecular weight excluding hydrogens is 196 g/mol. The van der Waals surface area contributed by atoms with E-state index in [4.69, 9.17) is 14.2 Å². The second-order valence-corrected chi connectivity index (χ2v) is 3.03. The zero-order valence-electron chi connectivity index (χ0n) is 9.53. The third-order valence-electron chi connectivity index (χ3n) is 1.70. The number of esters is 1.